The largest absolute Gasteiger partial charge is 0.442 e. The fourth-order valence-electron chi connectivity index (χ4n) is 4.18. The van der Waals surface area contributed by atoms with Gasteiger partial charge in [-0.05, 0) is 81.4 Å². The second kappa shape index (κ2) is 12.9. The van der Waals surface area contributed by atoms with Crippen molar-refractivity contribution in [3.8, 4) is 12.3 Å². The molecule has 2 heterocycles. The van der Waals surface area contributed by atoms with Crippen molar-refractivity contribution in [3.05, 3.63) is 114 Å². The molecule has 0 unspecified atom stereocenters. The number of aromatic nitrogens is 3. The lowest BCUT2D eigenvalue weighted by Gasteiger charge is -2.27. The lowest BCUT2D eigenvalue weighted by atomic mass is 10.1. The fraction of sp³-hybridized carbons (Fsp3) is 0.118. The van der Waals surface area contributed by atoms with E-state index in [4.69, 9.17) is 11.2 Å². The number of carbonyl (C=O) groups is 3. The van der Waals surface area contributed by atoms with E-state index in [0.717, 1.165) is 16.3 Å². The maximum absolute atomic E-state index is 13.1. The van der Waals surface area contributed by atoms with Gasteiger partial charge in [-0.3, -0.25) is 20.0 Å². The van der Waals surface area contributed by atoms with Gasteiger partial charge in [0.05, 0.1) is 16.8 Å². The molecule has 11 heteroatoms. The Hall–Kier alpha value is -6.28. The van der Waals surface area contributed by atoms with Crippen LogP contribution in [0.25, 0.3) is 10.9 Å². The molecule has 0 radical (unpaired) electrons. The van der Waals surface area contributed by atoms with E-state index in [1.54, 1.807) is 69.3 Å². The molecule has 0 aliphatic heterocycles. The zero-order valence-electron chi connectivity index (χ0n) is 24.7. The Kier molecular flexibility index (Phi) is 8.67. The quantitative estimate of drug-likeness (QED) is 0.158. The van der Waals surface area contributed by atoms with Gasteiger partial charge in [0.2, 0.25) is 0 Å². The molecule has 3 aromatic carbocycles. The van der Waals surface area contributed by atoms with Crippen molar-refractivity contribution in [1.82, 2.24) is 20.4 Å². The molecule has 3 N–H and O–H groups in total. The summed E-state index contributed by atoms with van der Waals surface area (Å²) in [6.07, 6.45) is 7.48. The highest BCUT2D eigenvalue weighted by Gasteiger charge is 2.26. The van der Waals surface area contributed by atoms with Gasteiger partial charge in [0.1, 0.15) is 23.4 Å². The molecular formula is C34H29N7O4. The van der Waals surface area contributed by atoms with Crippen LogP contribution in [-0.4, -0.2) is 38.5 Å². The number of rotatable bonds is 6. The van der Waals surface area contributed by atoms with Crippen molar-refractivity contribution in [2.75, 3.05) is 15.6 Å². The number of terminal acetylenes is 1. The molecule has 5 rings (SSSR count). The topological polar surface area (TPSA) is 138 Å². The molecule has 0 saturated heterocycles. The summed E-state index contributed by atoms with van der Waals surface area (Å²) in [7, 11) is 0. The summed E-state index contributed by atoms with van der Waals surface area (Å²) in [6.45, 7) is 5.18. The first-order valence-corrected chi connectivity index (χ1v) is 13.8. The van der Waals surface area contributed by atoms with Crippen LogP contribution in [0.2, 0.25) is 0 Å². The van der Waals surface area contributed by atoms with Crippen LogP contribution in [0.3, 0.4) is 0 Å². The summed E-state index contributed by atoms with van der Waals surface area (Å²) in [5.74, 6) is 2.03. The average Bonchev–Trinajstić information content (AvgIpc) is 3.03. The van der Waals surface area contributed by atoms with Crippen molar-refractivity contribution in [2.24, 2.45) is 0 Å². The smallest absolute Gasteiger partial charge is 0.434 e. The standard InChI is InChI=1S/C34H29N7O4/c1-5-22-10-9-11-24(18-22)38-30-27-19-25(15-17-28(27)36-21-37-30)39-31(42)23-14-16-29(35-20-23)32(43)40-41(26-12-7-6-8-13-26)33(44)45-34(2,3)4/h1,6-21H,2-4H3,(H,39,42)(H,40,43)(H,36,37,38). The number of hydrogen-bond donors (Lipinski definition) is 3. The van der Waals surface area contributed by atoms with Gasteiger partial charge in [-0.25, -0.2) is 14.8 Å². The van der Waals surface area contributed by atoms with Gasteiger partial charge in [-0.15, -0.1) is 6.42 Å². The van der Waals surface area contributed by atoms with E-state index in [9.17, 15) is 14.4 Å². The molecule has 224 valence electrons. The van der Waals surface area contributed by atoms with E-state index in [0.29, 0.717) is 28.1 Å². The lowest BCUT2D eigenvalue weighted by Crippen LogP contribution is -2.48. The molecule has 0 aliphatic carbocycles. The second-order valence-corrected chi connectivity index (χ2v) is 10.8. The van der Waals surface area contributed by atoms with Crippen molar-refractivity contribution in [1.29, 1.82) is 0 Å². The molecule has 0 saturated carbocycles. The molecular weight excluding hydrogens is 570 g/mol. The normalized spacial score (nSPS) is 10.8. The summed E-state index contributed by atoms with van der Waals surface area (Å²) in [6, 6.07) is 24.0. The maximum Gasteiger partial charge on any atom is 0.434 e. The number of nitrogens with zero attached hydrogens (tertiary/aromatic N) is 4. The number of hydrogen-bond acceptors (Lipinski definition) is 8. The summed E-state index contributed by atoms with van der Waals surface area (Å²) in [5, 5.41) is 7.78. The molecule has 0 bridgehead atoms. The molecule has 11 nitrogen and oxygen atoms in total. The first-order valence-electron chi connectivity index (χ1n) is 13.8. The predicted octanol–water partition coefficient (Wildman–Crippen LogP) is 6.09. The Bertz CT molecular complexity index is 1910. The van der Waals surface area contributed by atoms with Gasteiger partial charge in [0.15, 0.2) is 0 Å². The first-order chi connectivity index (χ1) is 21.6. The number of anilines is 4. The van der Waals surface area contributed by atoms with E-state index < -0.39 is 23.5 Å². The number of amides is 3. The predicted molar refractivity (Wildman–Crippen MR) is 172 cm³/mol. The lowest BCUT2D eigenvalue weighted by molar-refractivity contribution is 0.0547. The molecule has 0 spiro atoms. The van der Waals surface area contributed by atoms with Crippen molar-refractivity contribution in [3.63, 3.8) is 0 Å². The van der Waals surface area contributed by atoms with E-state index >= 15 is 0 Å². The summed E-state index contributed by atoms with van der Waals surface area (Å²) in [4.78, 5) is 51.8. The third kappa shape index (κ3) is 7.57. The van der Waals surface area contributed by atoms with E-state index in [1.807, 2.05) is 24.3 Å². The van der Waals surface area contributed by atoms with Crippen LogP contribution in [0.1, 0.15) is 47.2 Å². The first kappa shape index (κ1) is 30.2. The van der Waals surface area contributed by atoms with E-state index in [-0.39, 0.29) is 11.3 Å². The van der Waals surface area contributed by atoms with Crippen LogP contribution >= 0.6 is 0 Å². The molecule has 2 aromatic heterocycles. The molecule has 0 fully saturated rings. The van der Waals surface area contributed by atoms with Crippen molar-refractivity contribution < 1.29 is 19.1 Å². The monoisotopic (exact) mass is 599 g/mol. The Morgan fingerprint density at radius 1 is 0.844 bits per heavy atom. The van der Waals surface area contributed by atoms with Crippen LogP contribution < -0.4 is 21.1 Å². The van der Waals surface area contributed by atoms with Crippen LogP contribution in [0, 0.1) is 12.3 Å². The molecule has 0 aliphatic rings. The minimum Gasteiger partial charge on any atom is -0.442 e. The summed E-state index contributed by atoms with van der Waals surface area (Å²) >= 11 is 0. The number of carbonyl (C=O) groups excluding carboxylic acids is 3. The zero-order chi connectivity index (χ0) is 32.0. The zero-order valence-corrected chi connectivity index (χ0v) is 24.7. The van der Waals surface area contributed by atoms with Crippen LogP contribution in [0.15, 0.2) is 97.5 Å². The third-order valence-electron chi connectivity index (χ3n) is 6.25. The highest BCUT2D eigenvalue weighted by Crippen LogP contribution is 2.26. The van der Waals surface area contributed by atoms with Gasteiger partial charge in [-0.2, -0.15) is 5.01 Å². The third-order valence-corrected chi connectivity index (χ3v) is 6.25. The Morgan fingerprint density at radius 2 is 1.64 bits per heavy atom. The average molecular weight is 600 g/mol. The molecule has 5 aromatic rings. The fourth-order valence-corrected chi connectivity index (χ4v) is 4.18. The van der Waals surface area contributed by atoms with Crippen LogP contribution in [-0.2, 0) is 4.74 Å². The number of pyridine rings is 1. The maximum atomic E-state index is 13.1. The van der Waals surface area contributed by atoms with Gasteiger partial charge in [0.25, 0.3) is 11.8 Å². The van der Waals surface area contributed by atoms with E-state index in [2.05, 4.69) is 36.9 Å². The van der Waals surface area contributed by atoms with Gasteiger partial charge in [-0.1, -0.05) is 30.2 Å². The van der Waals surface area contributed by atoms with E-state index in [1.165, 1.54) is 24.7 Å². The Morgan fingerprint density at radius 3 is 2.36 bits per heavy atom. The number of ether oxygens (including phenoxy) is 1. The Balaban J connectivity index is 1.30. The molecule has 45 heavy (non-hydrogen) atoms. The molecule has 0 atom stereocenters. The summed E-state index contributed by atoms with van der Waals surface area (Å²) < 4.78 is 5.45. The number of para-hydroxylation sites is 1. The number of hydrazine groups is 1. The van der Waals surface area contributed by atoms with Gasteiger partial charge in [0, 0.05) is 28.5 Å². The number of fused-ring (bicyclic) bond motifs is 1. The number of benzene rings is 3. The Labute approximate surface area is 259 Å². The van der Waals surface area contributed by atoms with Crippen molar-refractivity contribution in [2.45, 2.75) is 26.4 Å². The van der Waals surface area contributed by atoms with Crippen LogP contribution in [0.5, 0.6) is 0 Å². The summed E-state index contributed by atoms with van der Waals surface area (Å²) in [5.41, 5.74) is 5.01. The van der Waals surface area contributed by atoms with Gasteiger partial charge < -0.3 is 15.4 Å². The van der Waals surface area contributed by atoms with Crippen LogP contribution in [0.4, 0.5) is 27.7 Å². The minimum absolute atomic E-state index is 0.0106. The highest BCUT2D eigenvalue weighted by atomic mass is 16.6. The highest BCUT2D eigenvalue weighted by molar-refractivity contribution is 6.06. The van der Waals surface area contributed by atoms with Gasteiger partial charge >= 0.3 is 6.09 Å². The SMILES string of the molecule is C#Cc1cccc(Nc2ncnc3ccc(NC(=O)c4ccc(C(=O)NN(C(=O)OC(C)(C)C)c5ccccc5)nc4)cc23)c1. The van der Waals surface area contributed by atoms with Crippen molar-refractivity contribution >= 4 is 51.7 Å². The second-order valence-electron chi connectivity index (χ2n) is 10.8. The minimum atomic E-state index is -0.785. The number of nitrogens with one attached hydrogen (secondary N) is 3. The molecule has 3 amide bonds.